The Bertz CT molecular complexity index is 819. The third-order valence-corrected chi connectivity index (χ3v) is 4.58. The molecule has 3 rings (SSSR count). The van der Waals surface area contributed by atoms with Gasteiger partial charge in [0, 0.05) is 32.4 Å². The normalized spacial score (nSPS) is 13.4. The molecule has 2 aromatic carbocycles. The number of aliphatic imine (C=N–C) groups is 1. The lowest BCUT2D eigenvalue weighted by atomic mass is 10.2. The highest BCUT2D eigenvalue weighted by Crippen LogP contribution is 2.27. The van der Waals surface area contributed by atoms with Gasteiger partial charge in [-0.1, -0.05) is 30.3 Å². The predicted molar refractivity (Wildman–Crippen MR) is 106 cm³/mol. The van der Waals surface area contributed by atoms with Crippen molar-refractivity contribution in [2.45, 2.75) is 19.9 Å². The molecule has 1 aliphatic heterocycles. The van der Waals surface area contributed by atoms with Crippen LogP contribution in [0.2, 0.25) is 0 Å². The summed E-state index contributed by atoms with van der Waals surface area (Å²) in [6, 6.07) is 14.4. The topological polar surface area (TPSA) is 47.9 Å². The molecule has 0 atom stereocenters. The summed E-state index contributed by atoms with van der Waals surface area (Å²) in [5, 5.41) is 3.21. The van der Waals surface area contributed by atoms with Gasteiger partial charge in [0.1, 0.15) is 12.4 Å². The zero-order valence-corrected chi connectivity index (χ0v) is 15.8. The quantitative estimate of drug-likeness (QED) is 0.652. The molecule has 0 radical (unpaired) electrons. The van der Waals surface area contributed by atoms with Crippen molar-refractivity contribution in [2.24, 2.45) is 4.99 Å². The van der Waals surface area contributed by atoms with Crippen LogP contribution in [-0.2, 0) is 17.8 Å². The van der Waals surface area contributed by atoms with Crippen LogP contribution in [0.15, 0.2) is 53.5 Å². The van der Waals surface area contributed by atoms with Crippen molar-refractivity contribution in [2.75, 3.05) is 31.6 Å². The second-order valence-electron chi connectivity index (χ2n) is 6.58. The molecule has 1 N–H and O–H groups in total. The first-order valence-electron chi connectivity index (χ1n) is 9.20. The maximum atomic E-state index is 13.1. The van der Waals surface area contributed by atoms with Crippen molar-refractivity contribution < 1.29 is 9.18 Å². The lowest BCUT2D eigenvalue weighted by molar-refractivity contribution is -0.117. The number of anilines is 1. The fraction of sp³-hybridized carbons (Fsp3) is 0.333. The number of carbonyl (C=O) groups excluding carboxylic acids is 1. The number of nitrogens with zero attached hydrogens (tertiary/aromatic N) is 3. The number of fused-ring (bicyclic) bond motifs is 1. The third-order valence-electron chi connectivity index (χ3n) is 4.58. The average molecular weight is 368 g/mol. The van der Waals surface area contributed by atoms with Crippen molar-refractivity contribution in [1.82, 2.24) is 10.2 Å². The highest BCUT2D eigenvalue weighted by molar-refractivity contribution is 5.98. The summed E-state index contributed by atoms with van der Waals surface area (Å²) >= 11 is 0. The van der Waals surface area contributed by atoms with Gasteiger partial charge in [0.15, 0.2) is 5.96 Å². The number of hydrogen-bond donors (Lipinski definition) is 1. The van der Waals surface area contributed by atoms with Gasteiger partial charge in [0.25, 0.3) is 0 Å². The second-order valence-corrected chi connectivity index (χ2v) is 6.58. The Morgan fingerprint density at radius 2 is 1.96 bits per heavy atom. The molecule has 27 heavy (non-hydrogen) atoms. The summed E-state index contributed by atoms with van der Waals surface area (Å²) < 4.78 is 13.1. The van der Waals surface area contributed by atoms with Crippen molar-refractivity contribution >= 4 is 17.6 Å². The number of para-hydroxylation sites is 1. The molecule has 142 valence electrons. The van der Waals surface area contributed by atoms with E-state index in [1.165, 1.54) is 17.7 Å². The van der Waals surface area contributed by atoms with Crippen LogP contribution in [0, 0.1) is 5.82 Å². The first kappa shape index (κ1) is 18.9. The summed E-state index contributed by atoms with van der Waals surface area (Å²) in [6.07, 6.45) is 0.885. The summed E-state index contributed by atoms with van der Waals surface area (Å²) in [7, 11) is 1.90. The van der Waals surface area contributed by atoms with Gasteiger partial charge in [0.05, 0.1) is 0 Å². The Morgan fingerprint density at radius 3 is 2.70 bits per heavy atom. The number of carbonyl (C=O) groups is 1. The van der Waals surface area contributed by atoms with Gasteiger partial charge in [0.2, 0.25) is 5.91 Å². The SMILES string of the molecule is CCNC(=NCC(=O)N1CCc2ccccc21)N(C)Cc1ccc(F)cc1. The number of hydrogen-bond acceptors (Lipinski definition) is 2. The molecule has 1 heterocycles. The predicted octanol–water partition coefficient (Wildman–Crippen LogP) is 2.81. The van der Waals surface area contributed by atoms with Crippen molar-refractivity contribution in [3.05, 3.63) is 65.5 Å². The molecular formula is C21H25FN4O. The minimum atomic E-state index is -0.251. The van der Waals surface area contributed by atoms with Crippen molar-refractivity contribution in [1.29, 1.82) is 0 Å². The lowest BCUT2D eigenvalue weighted by Gasteiger charge is -2.23. The molecule has 6 heteroatoms. The van der Waals surface area contributed by atoms with E-state index in [9.17, 15) is 9.18 Å². The van der Waals surface area contributed by atoms with Crippen LogP contribution in [0.5, 0.6) is 0 Å². The van der Waals surface area contributed by atoms with E-state index < -0.39 is 0 Å². The molecule has 0 aromatic heterocycles. The van der Waals surface area contributed by atoms with Crippen LogP contribution in [0.3, 0.4) is 0 Å². The zero-order chi connectivity index (χ0) is 19.2. The van der Waals surface area contributed by atoms with E-state index in [2.05, 4.69) is 16.4 Å². The van der Waals surface area contributed by atoms with Crippen LogP contribution < -0.4 is 10.2 Å². The first-order valence-corrected chi connectivity index (χ1v) is 9.20. The van der Waals surface area contributed by atoms with Crippen molar-refractivity contribution in [3.63, 3.8) is 0 Å². The van der Waals surface area contributed by atoms with E-state index in [1.807, 2.05) is 42.0 Å². The number of guanidine groups is 1. The van der Waals surface area contributed by atoms with Gasteiger partial charge in [-0.2, -0.15) is 0 Å². The maximum absolute atomic E-state index is 13.1. The van der Waals surface area contributed by atoms with E-state index >= 15 is 0 Å². The molecule has 2 aromatic rings. The van der Waals surface area contributed by atoms with Crippen molar-refractivity contribution in [3.8, 4) is 0 Å². The smallest absolute Gasteiger partial charge is 0.248 e. The van der Waals surface area contributed by atoms with E-state index in [4.69, 9.17) is 0 Å². The molecule has 0 saturated heterocycles. The summed E-state index contributed by atoms with van der Waals surface area (Å²) in [5.41, 5.74) is 3.17. The molecule has 0 aliphatic carbocycles. The molecule has 0 unspecified atom stereocenters. The minimum Gasteiger partial charge on any atom is -0.357 e. The largest absolute Gasteiger partial charge is 0.357 e. The maximum Gasteiger partial charge on any atom is 0.248 e. The van der Waals surface area contributed by atoms with E-state index in [1.54, 1.807) is 12.1 Å². The van der Waals surface area contributed by atoms with E-state index in [0.29, 0.717) is 25.6 Å². The van der Waals surface area contributed by atoms with Crippen LogP contribution in [0.1, 0.15) is 18.1 Å². The fourth-order valence-corrected chi connectivity index (χ4v) is 3.23. The van der Waals surface area contributed by atoms with Gasteiger partial charge in [-0.25, -0.2) is 9.38 Å². The van der Waals surface area contributed by atoms with Crippen LogP contribution in [-0.4, -0.2) is 43.4 Å². The summed E-state index contributed by atoms with van der Waals surface area (Å²) in [6.45, 7) is 4.06. The number of benzene rings is 2. The second kappa shape index (κ2) is 8.66. The Balaban J connectivity index is 1.66. The Kier molecular flexibility index (Phi) is 6.06. The Morgan fingerprint density at radius 1 is 1.22 bits per heavy atom. The molecule has 1 amide bonds. The minimum absolute atomic E-state index is 0.00876. The Hall–Kier alpha value is -2.89. The van der Waals surface area contributed by atoms with E-state index in [0.717, 1.165) is 17.7 Å². The van der Waals surface area contributed by atoms with E-state index in [-0.39, 0.29) is 18.3 Å². The summed E-state index contributed by atoms with van der Waals surface area (Å²) in [4.78, 5) is 20.9. The molecule has 0 fully saturated rings. The van der Waals surface area contributed by atoms with Crippen LogP contribution in [0.4, 0.5) is 10.1 Å². The monoisotopic (exact) mass is 368 g/mol. The molecule has 0 saturated carbocycles. The number of halogens is 1. The molecule has 5 nitrogen and oxygen atoms in total. The van der Waals surface area contributed by atoms with Crippen LogP contribution in [0.25, 0.3) is 0 Å². The highest BCUT2D eigenvalue weighted by atomic mass is 19.1. The van der Waals surface area contributed by atoms with Gasteiger partial charge >= 0.3 is 0 Å². The van der Waals surface area contributed by atoms with Crippen LogP contribution >= 0.6 is 0 Å². The molecule has 0 bridgehead atoms. The highest BCUT2D eigenvalue weighted by Gasteiger charge is 2.23. The zero-order valence-electron chi connectivity index (χ0n) is 15.8. The average Bonchev–Trinajstić information content (AvgIpc) is 3.11. The summed E-state index contributed by atoms with van der Waals surface area (Å²) in [5.74, 6) is 0.395. The molecular weight excluding hydrogens is 343 g/mol. The molecule has 0 spiro atoms. The Labute approximate surface area is 159 Å². The van der Waals surface area contributed by atoms with Gasteiger partial charge < -0.3 is 15.1 Å². The fourth-order valence-electron chi connectivity index (χ4n) is 3.23. The number of amides is 1. The number of rotatable bonds is 5. The standard InChI is InChI=1S/C21H25FN4O/c1-3-23-21(25(2)15-16-8-10-18(22)11-9-16)24-14-20(27)26-13-12-17-6-4-5-7-19(17)26/h4-11H,3,12-15H2,1-2H3,(H,23,24). The lowest BCUT2D eigenvalue weighted by Crippen LogP contribution is -2.40. The third kappa shape index (κ3) is 4.64. The number of nitrogens with one attached hydrogen (secondary N) is 1. The molecule has 1 aliphatic rings. The van der Waals surface area contributed by atoms with Gasteiger partial charge in [-0.3, -0.25) is 4.79 Å². The van der Waals surface area contributed by atoms with Gasteiger partial charge in [-0.15, -0.1) is 0 Å². The van der Waals surface area contributed by atoms with Gasteiger partial charge in [-0.05, 0) is 42.7 Å². The first-order chi connectivity index (χ1) is 13.1.